The summed E-state index contributed by atoms with van der Waals surface area (Å²) in [5.74, 6) is -0.372. The largest absolute Gasteiger partial charge is 0.340 e. The van der Waals surface area contributed by atoms with Crippen molar-refractivity contribution in [2.75, 3.05) is 6.54 Å². The Balaban J connectivity index is 2.37. The molecule has 0 spiro atoms. The van der Waals surface area contributed by atoms with Crippen LogP contribution in [0.3, 0.4) is 0 Å². The number of allylic oxidation sites excluding steroid dienone is 3. The molecule has 0 bridgehead atoms. The van der Waals surface area contributed by atoms with Crippen LogP contribution >= 0.6 is 23.2 Å². The fourth-order valence-electron chi connectivity index (χ4n) is 2.87. The van der Waals surface area contributed by atoms with E-state index in [2.05, 4.69) is 6.58 Å². The molecule has 3 rings (SSSR count). The lowest BCUT2D eigenvalue weighted by molar-refractivity contribution is 0.522. The molecule has 0 radical (unpaired) electrons. The number of hydrogen-bond donors (Lipinski definition) is 0. The first-order valence-electron chi connectivity index (χ1n) is 7.62. The highest BCUT2D eigenvalue weighted by Gasteiger charge is 2.27. The van der Waals surface area contributed by atoms with E-state index in [1.807, 2.05) is 48.2 Å². The maximum Gasteiger partial charge on any atom is 0.134 e. The highest BCUT2D eigenvalue weighted by molar-refractivity contribution is 6.34. The molecule has 2 aromatic rings. The van der Waals surface area contributed by atoms with Gasteiger partial charge in [-0.05, 0) is 30.7 Å². The van der Waals surface area contributed by atoms with Gasteiger partial charge < -0.3 is 4.90 Å². The van der Waals surface area contributed by atoms with E-state index in [1.54, 1.807) is 12.1 Å². The SMILES string of the molecule is C=C1C(Cl)=CC(c2ccccc2)=C(c2c(F)cccc2Cl)N1CC. The molecule has 1 nitrogen and oxygen atoms in total. The molecule has 0 aromatic heterocycles. The van der Waals surface area contributed by atoms with E-state index in [0.29, 0.717) is 33.6 Å². The highest BCUT2D eigenvalue weighted by Crippen LogP contribution is 2.42. The summed E-state index contributed by atoms with van der Waals surface area (Å²) in [6.45, 7) is 6.60. The van der Waals surface area contributed by atoms with E-state index in [0.717, 1.165) is 11.1 Å². The Morgan fingerprint density at radius 2 is 1.75 bits per heavy atom. The van der Waals surface area contributed by atoms with Gasteiger partial charge in [0, 0.05) is 12.1 Å². The van der Waals surface area contributed by atoms with Crippen molar-refractivity contribution >= 4 is 34.5 Å². The van der Waals surface area contributed by atoms with Crippen molar-refractivity contribution in [3.05, 3.63) is 93.9 Å². The first-order chi connectivity index (χ1) is 11.5. The Bertz CT molecular complexity index is 833. The first-order valence-corrected chi connectivity index (χ1v) is 8.38. The molecule has 1 aliphatic heterocycles. The Kier molecular flexibility index (Phi) is 4.79. The van der Waals surface area contributed by atoms with Crippen LogP contribution in [0.5, 0.6) is 0 Å². The number of nitrogens with zero attached hydrogens (tertiary/aromatic N) is 1. The van der Waals surface area contributed by atoms with Gasteiger partial charge in [-0.2, -0.15) is 0 Å². The molecule has 0 unspecified atom stereocenters. The van der Waals surface area contributed by atoms with Gasteiger partial charge in [-0.1, -0.05) is 66.2 Å². The number of benzene rings is 2. The van der Waals surface area contributed by atoms with E-state index in [-0.39, 0.29) is 5.82 Å². The molecule has 0 saturated heterocycles. The third-order valence-corrected chi connectivity index (χ3v) is 4.64. The van der Waals surface area contributed by atoms with Gasteiger partial charge in [-0.3, -0.25) is 0 Å². The van der Waals surface area contributed by atoms with Crippen molar-refractivity contribution in [1.29, 1.82) is 0 Å². The van der Waals surface area contributed by atoms with Crippen LogP contribution in [-0.2, 0) is 0 Å². The lowest BCUT2D eigenvalue weighted by atomic mass is 9.94. The monoisotopic (exact) mass is 359 g/mol. The summed E-state index contributed by atoms with van der Waals surface area (Å²) in [6, 6.07) is 14.4. The predicted molar refractivity (Wildman–Crippen MR) is 100 cm³/mol. The van der Waals surface area contributed by atoms with Gasteiger partial charge in [0.25, 0.3) is 0 Å². The predicted octanol–water partition coefficient (Wildman–Crippen LogP) is 6.32. The molecule has 0 saturated carbocycles. The first kappa shape index (κ1) is 16.8. The van der Waals surface area contributed by atoms with Crippen LogP contribution < -0.4 is 0 Å². The fourth-order valence-corrected chi connectivity index (χ4v) is 3.33. The van der Waals surface area contributed by atoms with Crippen LogP contribution in [0.15, 0.2) is 71.9 Å². The molecule has 0 aliphatic carbocycles. The lowest BCUT2D eigenvalue weighted by Gasteiger charge is -2.34. The van der Waals surface area contributed by atoms with Crippen molar-refractivity contribution in [2.24, 2.45) is 0 Å². The Labute approximate surface area is 151 Å². The third kappa shape index (κ3) is 2.88. The summed E-state index contributed by atoms with van der Waals surface area (Å²) in [5.41, 5.74) is 3.44. The van der Waals surface area contributed by atoms with Crippen LogP contribution in [0.2, 0.25) is 5.02 Å². The number of likely N-dealkylation sites (N-methyl/N-ethyl adjacent to an activating group) is 1. The van der Waals surface area contributed by atoms with Crippen LogP contribution in [0, 0.1) is 5.82 Å². The second-order valence-electron chi connectivity index (χ2n) is 5.41. The van der Waals surface area contributed by atoms with Gasteiger partial charge in [0.15, 0.2) is 0 Å². The number of hydrogen-bond acceptors (Lipinski definition) is 1. The molecule has 0 atom stereocenters. The maximum absolute atomic E-state index is 14.6. The molecule has 1 heterocycles. The highest BCUT2D eigenvalue weighted by atomic mass is 35.5. The van der Waals surface area contributed by atoms with Gasteiger partial charge in [-0.25, -0.2) is 4.39 Å². The summed E-state index contributed by atoms with van der Waals surface area (Å²) in [4.78, 5) is 1.90. The topological polar surface area (TPSA) is 3.24 Å². The van der Waals surface area contributed by atoms with Crippen LogP contribution in [0.25, 0.3) is 11.3 Å². The van der Waals surface area contributed by atoms with E-state index >= 15 is 0 Å². The fraction of sp³-hybridized carbons (Fsp3) is 0.100. The zero-order valence-corrected chi connectivity index (χ0v) is 14.7. The minimum absolute atomic E-state index is 0.358. The molecule has 4 heteroatoms. The average molecular weight is 360 g/mol. The minimum Gasteiger partial charge on any atom is -0.340 e. The van der Waals surface area contributed by atoms with E-state index in [1.165, 1.54) is 6.07 Å². The molecule has 122 valence electrons. The van der Waals surface area contributed by atoms with Crippen LogP contribution in [0.1, 0.15) is 18.1 Å². The van der Waals surface area contributed by atoms with Crippen molar-refractivity contribution in [2.45, 2.75) is 6.92 Å². The standard InChI is InChI=1S/C20H16Cl2FN/c1-3-24-13(2)17(22)12-15(14-8-5-4-6-9-14)20(24)19-16(21)10-7-11-18(19)23/h4-12H,2-3H2,1H3. The van der Waals surface area contributed by atoms with Crippen molar-refractivity contribution in [3.8, 4) is 0 Å². The molecule has 0 fully saturated rings. The molecule has 24 heavy (non-hydrogen) atoms. The quantitative estimate of drug-likeness (QED) is 0.619. The third-order valence-electron chi connectivity index (χ3n) is 4.00. The van der Waals surface area contributed by atoms with Crippen molar-refractivity contribution in [3.63, 3.8) is 0 Å². The second-order valence-corrected chi connectivity index (χ2v) is 6.22. The summed E-state index contributed by atoms with van der Waals surface area (Å²) < 4.78 is 14.6. The maximum atomic E-state index is 14.6. The average Bonchev–Trinajstić information content (AvgIpc) is 2.58. The normalized spacial score (nSPS) is 14.9. The minimum atomic E-state index is -0.372. The Morgan fingerprint density at radius 3 is 2.38 bits per heavy atom. The van der Waals surface area contributed by atoms with Crippen molar-refractivity contribution < 1.29 is 4.39 Å². The summed E-state index contributed by atoms with van der Waals surface area (Å²) in [6.07, 6.45) is 1.82. The van der Waals surface area contributed by atoms with Gasteiger partial charge in [0.05, 0.1) is 27.0 Å². The Hall–Kier alpha value is -2.03. The van der Waals surface area contributed by atoms with Gasteiger partial charge in [-0.15, -0.1) is 0 Å². The molecular weight excluding hydrogens is 344 g/mol. The lowest BCUT2D eigenvalue weighted by Crippen LogP contribution is -2.25. The van der Waals surface area contributed by atoms with E-state index in [4.69, 9.17) is 23.2 Å². The molecule has 1 aliphatic rings. The number of halogens is 3. The van der Waals surface area contributed by atoms with Crippen molar-refractivity contribution in [1.82, 2.24) is 4.90 Å². The second kappa shape index (κ2) is 6.84. The van der Waals surface area contributed by atoms with Gasteiger partial charge in [0.2, 0.25) is 0 Å². The molecule has 0 N–H and O–H groups in total. The molecule has 2 aromatic carbocycles. The smallest absolute Gasteiger partial charge is 0.134 e. The zero-order valence-electron chi connectivity index (χ0n) is 13.2. The number of rotatable bonds is 3. The summed E-state index contributed by atoms with van der Waals surface area (Å²) in [5, 5.41) is 0.892. The van der Waals surface area contributed by atoms with E-state index in [9.17, 15) is 4.39 Å². The van der Waals surface area contributed by atoms with Crippen LogP contribution in [0.4, 0.5) is 4.39 Å². The zero-order chi connectivity index (χ0) is 17.3. The molecular formula is C20H16Cl2FN. The molecule has 0 amide bonds. The van der Waals surface area contributed by atoms with Crippen LogP contribution in [-0.4, -0.2) is 11.4 Å². The van der Waals surface area contributed by atoms with Gasteiger partial charge >= 0.3 is 0 Å². The van der Waals surface area contributed by atoms with Gasteiger partial charge in [0.1, 0.15) is 5.82 Å². The van der Waals surface area contributed by atoms with E-state index < -0.39 is 0 Å². The Morgan fingerprint density at radius 1 is 1.04 bits per heavy atom. The summed E-state index contributed by atoms with van der Waals surface area (Å²) >= 11 is 12.7. The summed E-state index contributed by atoms with van der Waals surface area (Å²) in [7, 11) is 0.